The molecule has 0 bridgehead atoms. The van der Waals surface area contributed by atoms with Gasteiger partial charge in [-0.1, -0.05) is 28.9 Å². The lowest BCUT2D eigenvalue weighted by molar-refractivity contribution is 0.0530. The van der Waals surface area contributed by atoms with Gasteiger partial charge < -0.3 is 14.3 Å². The molecule has 0 radical (unpaired) electrons. The Morgan fingerprint density at radius 3 is 2.24 bits per heavy atom. The minimum atomic E-state index is -0.387. The fourth-order valence-corrected chi connectivity index (χ4v) is 3.39. The topological polar surface area (TPSA) is 66.7 Å². The summed E-state index contributed by atoms with van der Waals surface area (Å²) >= 11 is 5.99. The Morgan fingerprint density at radius 1 is 0.931 bits per heavy atom. The molecule has 1 saturated heterocycles. The van der Waals surface area contributed by atoms with E-state index < -0.39 is 0 Å². The van der Waals surface area contributed by atoms with E-state index in [4.69, 9.17) is 16.1 Å². The molecule has 1 aromatic heterocycles. The average Bonchev–Trinajstić information content (AvgIpc) is 3.24. The van der Waals surface area contributed by atoms with Gasteiger partial charge in [-0.05, 0) is 36.4 Å². The van der Waals surface area contributed by atoms with Crippen LogP contribution in [-0.2, 0) is 0 Å². The van der Waals surface area contributed by atoms with Gasteiger partial charge in [-0.25, -0.2) is 4.39 Å². The fraction of sp³-hybridized carbons (Fsp3) is 0.190. The van der Waals surface area contributed by atoms with Crippen LogP contribution in [0.2, 0.25) is 5.02 Å². The highest BCUT2D eigenvalue weighted by atomic mass is 35.5. The highest BCUT2D eigenvalue weighted by Gasteiger charge is 2.27. The number of nitrogens with zero attached hydrogens (tertiary/aromatic N) is 3. The van der Waals surface area contributed by atoms with Crippen molar-refractivity contribution in [1.29, 1.82) is 0 Å². The Bertz CT molecular complexity index is 1040. The molecule has 1 fully saturated rings. The first-order valence-corrected chi connectivity index (χ1v) is 9.46. The Balaban J connectivity index is 1.39. The molecule has 2 amide bonds. The largest absolute Gasteiger partial charge is 0.355 e. The molecule has 0 spiro atoms. The van der Waals surface area contributed by atoms with Gasteiger partial charge >= 0.3 is 0 Å². The van der Waals surface area contributed by atoms with Crippen molar-refractivity contribution in [2.75, 3.05) is 26.2 Å². The number of rotatable bonds is 3. The number of piperazine rings is 1. The van der Waals surface area contributed by atoms with E-state index in [2.05, 4.69) is 5.16 Å². The van der Waals surface area contributed by atoms with Crippen LogP contribution in [0.25, 0.3) is 11.3 Å². The summed E-state index contributed by atoms with van der Waals surface area (Å²) in [6, 6.07) is 14.1. The number of hydrogen-bond donors (Lipinski definition) is 0. The van der Waals surface area contributed by atoms with Gasteiger partial charge in [-0.2, -0.15) is 0 Å². The zero-order valence-corrected chi connectivity index (χ0v) is 16.1. The molecule has 0 N–H and O–H groups in total. The molecule has 29 heavy (non-hydrogen) atoms. The van der Waals surface area contributed by atoms with E-state index in [0.717, 1.165) is 5.56 Å². The summed E-state index contributed by atoms with van der Waals surface area (Å²) < 4.78 is 18.3. The monoisotopic (exact) mass is 413 g/mol. The standard InChI is InChI=1S/C21H17ClFN3O3/c22-16-3-1-2-15(12-16)19-13-18(24-29-19)21(28)26-10-8-25(9-11-26)20(27)14-4-6-17(23)7-5-14/h1-7,12-13H,8-11H2. The van der Waals surface area contributed by atoms with Gasteiger partial charge in [-0.15, -0.1) is 0 Å². The lowest BCUT2D eigenvalue weighted by Crippen LogP contribution is -2.50. The Kier molecular flexibility index (Phi) is 5.31. The van der Waals surface area contributed by atoms with E-state index >= 15 is 0 Å². The van der Waals surface area contributed by atoms with E-state index in [1.54, 1.807) is 34.1 Å². The molecular formula is C21H17ClFN3O3. The molecule has 8 heteroatoms. The van der Waals surface area contributed by atoms with E-state index in [1.807, 2.05) is 6.07 Å². The summed E-state index contributed by atoms with van der Waals surface area (Å²) in [6.45, 7) is 1.54. The second kappa shape index (κ2) is 8.05. The first kappa shape index (κ1) is 19.1. The zero-order valence-electron chi connectivity index (χ0n) is 15.3. The summed E-state index contributed by atoms with van der Waals surface area (Å²) in [5.41, 5.74) is 1.37. The molecule has 148 valence electrons. The second-order valence-electron chi connectivity index (χ2n) is 6.68. The first-order chi connectivity index (χ1) is 14.0. The van der Waals surface area contributed by atoms with Crippen LogP contribution in [0.15, 0.2) is 59.1 Å². The molecule has 1 aliphatic rings. The Labute approximate surface area is 171 Å². The van der Waals surface area contributed by atoms with Crippen LogP contribution >= 0.6 is 11.6 Å². The molecule has 0 atom stereocenters. The second-order valence-corrected chi connectivity index (χ2v) is 7.11. The highest BCUT2D eigenvalue weighted by molar-refractivity contribution is 6.30. The zero-order chi connectivity index (χ0) is 20.4. The lowest BCUT2D eigenvalue weighted by atomic mass is 10.1. The van der Waals surface area contributed by atoms with Crippen molar-refractivity contribution in [2.24, 2.45) is 0 Å². The summed E-state index contributed by atoms with van der Waals surface area (Å²) in [5.74, 6) is -0.361. The van der Waals surface area contributed by atoms with Crippen molar-refractivity contribution in [2.45, 2.75) is 0 Å². The number of benzene rings is 2. The van der Waals surface area contributed by atoms with Crippen molar-refractivity contribution in [3.8, 4) is 11.3 Å². The van der Waals surface area contributed by atoms with Gasteiger partial charge in [0.15, 0.2) is 11.5 Å². The summed E-state index contributed by atoms with van der Waals surface area (Å²) in [5, 5.41) is 4.45. The van der Waals surface area contributed by atoms with Gasteiger partial charge in [0, 0.05) is 48.4 Å². The molecule has 4 rings (SSSR count). The number of carbonyl (C=O) groups excluding carboxylic acids is 2. The SMILES string of the molecule is O=C(c1ccc(F)cc1)N1CCN(C(=O)c2cc(-c3cccc(Cl)c3)on2)CC1. The third-order valence-corrected chi connectivity index (χ3v) is 5.02. The number of carbonyl (C=O) groups is 2. The van der Waals surface area contributed by atoms with Crippen LogP contribution in [0.4, 0.5) is 4.39 Å². The van der Waals surface area contributed by atoms with Gasteiger partial charge in [0.2, 0.25) is 0 Å². The van der Waals surface area contributed by atoms with E-state index in [0.29, 0.717) is 42.5 Å². The third-order valence-electron chi connectivity index (χ3n) is 4.78. The van der Waals surface area contributed by atoms with Gasteiger partial charge in [0.25, 0.3) is 11.8 Å². The maximum Gasteiger partial charge on any atom is 0.276 e. The van der Waals surface area contributed by atoms with Gasteiger partial charge in [-0.3, -0.25) is 9.59 Å². The van der Waals surface area contributed by atoms with Crippen molar-refractivity contribution in [3.05, 3.63) is 76.7 Å². The van der Waals surface area contributed by atoms with Crippen molar-refractivity contribution in [3.63, 3.8) is 0 Å². The molecule has 0 aliphatic carbocycles. The normalized spacial score (nSPS) is 14.1. The number of hydrogen-bond acceptors (Lipinski definition) is 4. The van der Waals surface area contributed by atoms with Gasteiger partial charge in [0.05, 0.1) is 0 Å². The van der Waals surface area contributed by atoms with Crippen LogP contribution in [0.3, 0.4) is 0 Å². The number of amides is 2. The Morgan fingerprint density at radius 2 is 1.59 bits per heavy atom. The van der Waals surface area contributed by atoms with Gasteiger partial charge in [0.1, 0.15) is 5.82 Å². The van der Waals surface area contributed by atoms with Crippen LogP contribution in [0, 0.1) is 5.82 Å². The van der Waals surface area contributed by atoms with Crippen molar-refractivity contribution >= 4 is 23.4 Å². The van der Waals surface area contributed by atoms with Crippen LogP contribution in [-0.4, -0.2) is 52.9 Å². The quantitative estimate of drug-likeness (QED) is 0.656. The van der Waals surface area contributed by atoms with E-state index in [1.165, 1.54) is 24.3 Å². The molecule has 0 unspecified atom stereocenters. The number of halogens is 2. The maximum absolute atomic E-state index is 13.0. The molecular weight excluding hydrogens is 397 g/mol. The highest BCUT2D eigenvalue weighted by Crippen LogP contribution is 2.24. The van der Waals surface area contributed by atoms with E-state index in [-0.39, 0.29) is 23.3 Å². The van der Waals surface area contributed by atoms with Crippen molar-refractivity contribution < 1.29 is 18.5 Å². The third kappa shape index (κ3) is 4.14. The molecule has 3 aromatic rings. The molecule has 2 aromatic carbocycles. The lowest BCUT2D eigenvalue weighted by Gasteiger charge is -2.34. The minimum Gasteiger partial charge on any atom is -0.355 e. The summed E-state index contributed by atoms with van der Waals surface area (Å²) in [7, 11) is 0. The smallest absolute Gasteiger partial charge is 0.276 e. The van der Waals surface area contributed by atoms with E-state index in [9.17, 15) is 14.0 Å². The molecule has 0 saturated carbocycles. The average molecular weight is 414 g/mol. The maximum atomic E-state index is 13.0. The first-order valence-electron chi connectivity index (χ1n) is 9.08. The van der Waals surface area contributed by atoms with Crippen molar-refractivity contribution in [1.82, 2.24) is 15.0 Å². The van der Waals surface area contributed by atoms with Crippen LogP contribution in [0.1, 0.15) is 20.8 Å². The predicted molar refractivity (Wildman–Crippen MR) is 105 cm³/mol. The minimum absolute atomic E-state index is 0.179. The summed E-state index contributed by atoms with van der Waals surface area (Å²) in [4.78, 5) is 28.5. The summed E-state index contributed by atoms with van der Waals surface area (Å²) in [6.07, 6.45) is 0. The fourth-order valence-electron chi connectivity index (χ4n) is 3.20. The van der Waals surface area contributed by atoms with Crippen LogP contribution in [0.5, 0.6) is 0 Å². The molecule has 6 nitrogen and oxygen atoms in total. The molecule has 1 aliphatic heterocycles. The Hall–Kier alpha value is -3.19. The van der Waals surface area contributed by atoms with Crippen LogP contribution < -0.4 is 0 Å². The molecule has 2 heterocycles. The number of aromatic nitrogens is 1. The predicted octanol–water partition coefficient (Wildman–Crippen LogP) is 3.73.